The number of fused-ring (bicyclic) bond motifs is 1. The maximum Gasteiger partial charge on any atom is 0.266 e. The predicted molar refractivity (Wildman–Crippen MR) is 139 cm³/mol. The Kier molecular flexibility index (Phi) is 9.15. The monoisotopic (exact) mass is 480 g/mol. The number of carbonyl (C=O) groups excluding carboxylic acids is 1. The Morgan fingerprint density at radius 1 is 1.06 bits per heavy atom. The minimum Gasteiger partial charge on any atom is -0.331 e. The van der Waals surface area contributed by atoms with Gasteiger partial charge in [0.25, 0.3) is 5.56 Å². The SMILES string of the molecule is CCCCC(CC)C(=O)N(CCN(C)C)C(C)c1nc2ccccc2c(=O)n1-c1ccc(F)cc1. The van der Waals surface area contributed by atoms with Crippen LogP contribution in [0.25, 0.3) is 16.6 Å². The van der Waals surface area contributed by atoms with E-state index < -0.39 is 6.04 Å². The lowest BCUT2D eigenvalue weighted by molar-refractivity contribution is -0.138. The van der Waals surface area contributed by atoms with Crippen LogP contribution in [0.15, 0.2) is 53.3 Å². The van der Waals surface area contributed by atoms with Crippen LogP contribution >= 0.6 is 0 Å². The van der Waals surface area contributed by atoms with E-state index >= 15 is 0 Å². The highest BCUT2D eigenvalue weighted by molar-refractivity contribution is 5.80. The Hall–Kier alpha value is -3.06. The summed E-state index contributed by atoms with van der Waals surface area (Å²) in [7, 11) is 3.95. The Morgan fingerprint density at radius 3 is 2.37 bits per heavy atom. The number of aromatic nitrogens is 2. The second-order valence-corrected chi connectivity index (χ2v) is 9.36. The van der Waals surface area contributed by atoms with Crippen molar-refractivity contribution in [3.63, 3.8) is 0 Å². The molecule has 0 N–H and O–H groups in total. The van der Waals surface area contributed by atoms with Gasteiger partial charge >= 0.3 is 0 Å². The number of para-hydroxylation sites is 1. The van der Waals surface area contributed by atoms with E-state index in [9.17, 15) is 14.0 Å². The number of amides is 1. The average Bonchev–Trinajstić information content (AvgIpc) is 2.85. The van der Waals surface area contributed by atoms with E-state index in [-0.39, 0.29) is 23.2 Å². The van der Waals surface area contributed by atoms with Crippen LogP contribution in [0, 0.1) is 11.7 Å². The van der Waals surface area contributed by atoms with Crippen molar-refractivity contribution in [1.29, 1.82) is 0 Å². The van der Waals surface area contributed by atoms with Gasteiger partial charge in [-0.05, 0) is 70.3 Å². The van der Waals surface area contributed by atoms with Gasteiger partial charge in [0.2, 0.25) is 5.91 Å². The highest BCUT2D eigenvalue weighted by Gasteiger charge is 2.30. The lowest BCUT2D eigenvalue weighted by Crippen LogP contribution is -2.43. The maximum absolute atomic E-state index is 13.8. The Labute approximate surface area is 207 Å². The third-order valence-corrected chi connectivity index (χ3v) is 6.55. The van der Waals surface area contributed by atoms with Gasteiger partial charge in [0.1, 0.15) is 11.6 Å². The Bertz CT molecular complexity index is 1190. The molecule has 0 fully saturated rings. The molecule has 2 unspecified atom stereocenters. The van der Waals surface area contributed by atoms with Crippen LogP contribution < -0.4 is 5.56 Å². The molecule has 2 aromatic carbocycles. The number of rotatable bonds is 11. The highest BCUT2D eigenvalue weighted by Crippen LogP contribution is 2.26. The van der Waals surface area contributed by atoms with E-state index in [0.29, 0.717) is 35.5 Å². The van der Waals surface area contributed by atoms with E-state index in [1.54, 1.807) is 24.3 Å². The molecule has 2 atom stereocenters. The fourth-order valence-corrected chi connectivity index (χ4v) is 4.40. The topological polar surface area (TPSA) is 58.4 Å². The van der Waals surface area contributed by atoms with Crippen molar-refractivity contribution < 1.29 is 9.18 Å². The second kappa shape index (κ2) is 12.1. The van der Waals surface area contributed by atoms with Gasteiger partial charge in [-0.3, -0.25) is 14.2 Å². The first kappa shape index (κ1) is 26.5. The van der Waals surface area contributed by atoms with E-state index in [0.717, 1.165) is 25.7 Å². The smallest absolute Gasteiger partial charge is 0.266 e. The molecule has 1 heterocycles. The molecule has 35 heavy (non-hydrogen) atoms. The van der Waals surface area contributed by atoms with Crippen molar-refractivity contribution in [3.05, 3.63) is 70.5 Å². The lowest BCUT2D eigenvalue weighted by atomic mass is 9.97. The number of nitrogens with zero attached hydrogens (tertiary/aromatic N) is 4. The van der Waals surface area contributed by atoms with Crippen LogP contribution in [0.3, 0.4) is 0 Å². The normalized spacial score (nSPS) is 13.2. The molecule has 0 saturated heterocycles. The van der Waals surface area contributed by atoms with Crippen molar-refractivity contribution in [1.82, 2.24) is 19.4 Å². The third-order valence-electron chi connectivity index (χ3n) is 6.55. The van der Waals surface area contributed by atoms with Crippen molar-refractivity contribution in [3.8, 4) is 5.69 Å². The fraction of sp³-hybridized carbons (Fsp3) is 0.464. The number of unbranched alkanes of at least 4 members (excludes halogenated alkanes) is 1. The summed E-state index contributed by atoms with van der Waals surface area (Å²) < 4.78 is 15.2. The van der Waals surface area contributed by atoms with Gasteiger partial charge in [0, 0.05) is 19.0 Å². The number of hydrogen-bond acceptors (Lipinski definition) is 4. The van der Waals surface area contributed by atoms with Gasteiger partial charge in [-0.2, -0.15) is 0 Å². The number of benzene rings is 2. The molecular formula is C28H37FN4O2. The fourth-order valence-electron chi connectivity index (χ4n) is 4.40. The van der Waals surface area contributed by atoms with Crippen LogP contribution in [-0.4, -0.2) is 52.4 Å². The Morgan fingerprint density at radius 2 is 1.74 bits per heavy atom. The minimum atomic E-state index is -0.458. The summed E-state index contributed by atoms with van der Waals surface area (Å²) in [5.41, 5.74) is 0.868. The lowest BCUT2D eigenvalue weighted by Gasteiger charge is -2.34. The largest absolute Gasteiger partial charge is 0.331 e. The van der Waals surface area contributed by atoms with E-state index in [2.05, 4.69) is 13.8 Å². The van der Waals surface area contributed by atoms with Crippen molar-refractivity contribution in [2.24, 2.45) is 5.92 Å². The molecule has 0 aliphatic rings. The summed E-state index contributed by atoms with van der Waals surface area (Å²) in [5, 5.41) is 0.480. The van der Waals surface area contributed by atoms with Crippen LogP contribution in [0.2, 0.25) is 0 Å². The van der Waals surface area contributed by atoms with E-state index in [4.69, 9.17) is 4.98 Å². The zero-order valence-corrected chi connectivity index (χ0v) is 21.5. The molecule has 0 aliphatic carbocycles. The van der Waals surface area contributed by atoms with Gasteiger partial charge in [-0.15, -0.1) is 0 Å². The maximum atomic E-state index is 13.8. The first-order valence-corrected chi connectivity index (χ1v) is 12.5. The third kappa shape index (κ3) is 6.14. The molecule has 188 valence electrons. The number of halogens is 1. The van der Waals surface area contributed by atoms with Gasteiger partial charge in [-0.25, -0.2) is 9.37 Å². The summed E-state index contributed by atoms with van der Waals surface area (Å²) in [5.74, 6) is 0.0989. The molecule has 3 rings (SSSR count). The number of hydrogen-bond donors (Lipinski definition) is 0. The standard InChI is InChI=1S/C28H37FN4O2/c1-6-8-11-21(7-2)27(34)32(19-18-31(4)5)20(3)26-30-25-13-10-9-12-24(25)28(35)33(26)23-16-14-22(29)15-17-23/h9-10,12-17,20-21H,6-8,11,18-19H2,1-5H3. The molecule has 0 saturated carbocycles. The molecule has 1 amide bonds. The van der Waals surface area contributed by atoms with E-state index in [1.807, 2.05) is 43.0 Å². The first-order chi connectivity index (χ1) is 16.8. The summed E-state index contributed by atoms with van der Waals surface area (Å²) in [4.78, 5) is 36.2. The zero-order chi connectivity index (χ0) is 25.5. The Balaban J connectivity index is 2.17. The van der Waals surface area contributed by atoms with Gasteiger partial charge in [0.05, 0.1) is 22.6 Å². The first-order valence-electron chi connectivity index (χ1n) is 12.5. The zero-order valence-electron chi connectivity index (χ0n) is 21.5. The van der Waals surface area contributed by atoms with Crippen molar-refractivity contribution in [2.45, 2.75) is 52.5 Å². The molecule has 7 heteroatoms. The number of carbonyl (C=O) groups is 1. The molecule has 0 radical (unpaired) electrons. The van der Waals surface area contributed by atoms with Crippen LogP contribution in [0.4, 0.5) is 4.39 Å². The molecular weight excluding hydrogens is 443 g/mol. The number of likely N-dealkylation sites (N-methyl/N-ethyl adjacent to an activating group) is 1. The van der Waals surface area contributed by atoms with Crippen LogP contribution in [0.1, 0.15) is 58.3 Å². The second-order valence-electron chi connectivity index (χ2n) is 9.36. The summed E-state index contributed by atoms with van der Waals surface area (Å²) in [6.45, 7) is 7.31. The van der Waals surface area contributed by atoms with Crippen LogP contribution in [-0.2, 0) is 4.79 Å². The molecule has 3 aromatic rings. The average molecular weight is 481 g/mol. The molecule has 6 nitrogen and oxygen atoms in total. The molecule has 0 aliphatic heterocycles. The molecule has 1 aromatic heterocycles. The molecule has 0 spiro atoms. The van der Waals surface area contributed by atoms with Crippen molar-refractivity contribution in [2.75, 3.05) is 27.2 Å². The van der Waals surface area contributed by atoms with Gasteiger partial charge in [-0.1, -0.05) is 38.8 Å². The minimum absolute atomic E-state index is 0.0778. The molecule has 0 bridgehead atoms. The van der Waals surface area contributed by atoms with Gasteiger partial charge < -0.3 is 9.80 Å². The predicted octanol–water partition coefficient (Wildman–Crippen LogP) is 5.19. The van der Waals surface area contributed by atoms with Gasteiger partial charge in [0.15, 0.2) is 0 Å². The highest BCUT2D eigenvalue weighted by atomic mass is 19.1. The van der Waals surface area contributed by atoms with Crippen LogP contribution in [0.5, 0.6) is 0 Å². The summed E-state index contributed by atoms with van der Waals surface area (Å²) in [6, 6.07) is 12.6. The summed E-state index contributed by atoms with van der Waals surface area (Å²) in [6.07, 6.45) is 3.63. The quantitative estimate of drug-likeness (QED) is 0.379. The van der Waals surface area contributed by atoms with Crippen molar-refractivity contribution >= 4 is 16.8 Å². The summed E-state index contributed by atoms with van der Waals surface area (Å²) >= 11 is 0. The van der Waals surface area contributed by atoms with E-state index in [1.165, 1.54) is 16.7 Å².